The Balaban J connectivity index is 2.09. The highest BCUT2D eigenvalue weighted by molar-refractivity contribution is 5.82. The van der Waals surface area contributed by atoms with Crippen LogP contribution in [0.25, 0.3) is 0 Å². The van der Waals surface area contributed by atoms with Crippen LogP contribution in [-0.4, -0.2) is 55.5 Å². The third-order valence-electron chi connectivity index (χ3n) is 5.17. The van der Waals surface area contributed by atoms with Gasteiger partial charge in [-0.3, -0.25) is 4.90 Å². The summed E-state index contributed by atoms with van der Waals surface area (Å²) in [5.41, 5.74) is -0.577. The van der Waals surface area contributed by atoms with E-state index in [9.17, 15) is 9.59 Å². The van der Waals surface area contributed by atoms with Crippen LogP contribution in [-0.2, 0) is 19.0 Å². The Morgan fingerprint density at radius 3 is 2.12 bits per heavy atom. The lowest BCUT2D eigenvalue weighted by atomic mass is 9.76. The van der Waals surface area contributed by atoms with Gasteiger partial charge in [0.2, 0.25) is 0 Å². The van der Waals surface area contributed by atoms with Gasteiger partial charge in [-0.15, -0.1) is 0 Å². The Morgan fingerprint density at radius 1 is 1.00 bits per heavy atom. The van der Waals surface area contributed by atoms with Gasteiger partial charge in [0.15, 0.2) is 0 Å². The monoisotopic (exact) mass is 341 g/mol. The number of rotatable bonds is 3. The Labute approximate surface area is 144 Å². The molecule has 0 aromatic carbocycles. The van der Waals surface area contributed by atoms with E-state index < -0.39 is 17.7 Å². The van der Waals surface area contributed by atoms with Crippen LogP contribution in [0, 0.1) is 11.8 Å². The van der Waals surface area contributed by atoms with Crippen LogP contribution in [0.4, 0.5) is 4.79 Å². The fraction of sp³-hybridized carbons (Fsp3) is 0.889. The molecule has 1 heterocycles. The Bertz CT molecular complexity index is 451. The van der Waals surface area contributed by atoms with Crippen molar-refractivity contribution in [1.29, 1.82) is 0 Å². The lowest BCUT2D eigenvalue weighted by Gasteiger charge is -2.35. The molecule has 0 aromatic heterocycles. The van der Waals surface area contributed by atoms with Gasteiger partial charge in [0.1, 0.15) is 11.6 Å². The predicted octanol–water partition coefficient (Wildman–Crippen LogP) is 2.99. The summed E-state index contributed by atoms with van der Waals surface area (Å²) < 4.78 is 15.9. The lowest BCUT2D eigenvalue weighted by molar-refractivity contribution is -0.148. The highest BCUT2D eigenvalue weighted by atomic mass is 16.6. The second-order valence-electron chi connectivity index (χ2n) is 7.87. The van der Waals surface area contributed by atoms with E-state index in [1.54, 1.807) is 12.0 Å². The number of likely N-dealkylation sites (tertiary alicyclic amines) is 1. The van der Waals surface area contributed by atoms with Crippen molar-refractivity contribution in [3.8, 4) is 0 Å². The zero-order valence-electron chi connectivity index (χ0n) is 15.5. The van der Waals surface area contributed by atoms with E-state index in [1.807, 2.05) is 20.8 Å². The van der Waals surface area contributed by atoms with Crippen molar-refractivity contribution < 1.29 is 23.8 Å². The van der Waals surface area contributed by atoms with Crippen molar-refractivity contribution in [3.63, 3.8) is 0 Å². The molecule has 0 radical (unpaired) electrons. The maximum absolute atomic E-state index is 12.5. The van der Waals surface area contributed by atoms with Gasteiger partial charge in [0, 0.05) is 13.7 Å². The molecule has 1 aliphatic heterocycles. The quantitative estimate of drug-likeness (QED) is 0.738. The second kappa shape index (κ2) is 7.72. The molecule has 0 bridgehead atoms. The molecule has 1 saturated heterocycles. The van der Waals surface area contributed by atoms with Crippen molar-refractivity contribution in [2.75, 3.05) is 20.8 Å². The predicted molar refractivity (Wildman–Crippen MR) is 89.6 cm³/mol. The molecule has 0 unspecified atom stereocenters. The molecule has 6 nitrogen and oxygen atoms in total. The zero-order chi connectivity index (χ0) is 17.9. The number of methoxy groups -OCH3 is 2. The highest BCUT2D eigenvalue weighted by Crippen LogP contribution is 2.40. The van der Waals surface area contributed by atoms with Crippen LogP contribution in [0.1, 0.15) is 52.9 Å². The van der Waals surface area contributed by atoms with Crippen LogP contribution in [0.5, 0.6) is 0 Å². The topological polar surface area (TPSA) is 65.1 Å². The Hall–Kier alpha value is -1.30. The summed E-state index contributed by atoms with van der Waals surface area (Å²) in [6.45, 7) is 6.04. The summed E-state index contributed by atoms with van der Waals surface area (Å²) in [6, 6.07) is -0.533. The number of carbonyl (C=O) groups excluding carboxylic acids is 2. The molecule has 0 aromatic rings. The number of nitrogens with zero attached hydrogens (tertiary/aromatic N) is 1. The molecule has 0 N–H and O–H groups in total. The van der Waals surface area contributed by atoms with E-state index in [4.69, 9.17) is 14.2 Å². The van der Waals surface area contributed by atoms with Gasteiger partial charge < -0.3 is 14.2 Å². The van der Waals surface area contributed by atoms with Crippen LogP contribution in [0.15, 0.2) is 0 Å². The summed E-state index contributed by atoms with van der Waals surface area (Å²) in [6.07, 6.45) is 4.79. The third kappa shape index (κ3) is 4.41. The summed E-state index contributed by atoms with van der Waals surface area (Å²) >= 11 is 0. The second-order valence-corrected chi connectivity index (χ2v) is 7.87. The molecule has 2 aliphatic rings. The first-order valence-electron chi connectivity index (χ1n) is 8.87. The third-order valence-corrected chi connectivity index (χ3v) is 5.17. The number of esters is 1. The minimum Gasteiger partial charge on any atom is -0.467 e. The normalized spacial score (nSPS) is 31.0. The van der Waals surface area contributed by atoms with Crippen LogP contribution in [0.2, 0.25) is 0 Å². The van der Waals surface area contributed by atoms with Crippen molar-refractivity contribution in [2.45, 2.75) is 70.6 Å². The van der Waals surface area contributed by atoms with Gasteiger partial charge in [-0.2, -0.15) is 0 Å². The Kier molecular flexibility index (Phi) is 6.12. The minimum absolute atomic E-state index is 0.141. The molecule has 138 valence electrons. The van der Waals surface area contributed by atoms with Gasteiger partial charge in [-0.05, 0) is 64.7 Å². The molecule has 1 aliphatic carbocycles. The van der Waals surface area contributed by atoms with Crippen molar-refractivity contribution in [2.24, 2.45) is 11.8 Å². The smallest absolute Gasteiger partial charge is 0.411 e. The van der Waals surface area contributed by atoms with E-state index >= 15 is 0 Å². The molecular weight excluding hydrogens is 310 g/mol. The van der Waals surface area contributed by atoms with E-state index in [2.05, 4.69) is 0 Å². The summed E-state index contributed by atoms with van der Waals surface area (Å²) in [5.74, 6) is 0.230. The maximum atomic E-state index is 12.5. The van der Waals surface area contributed by atoms with Crippen LogP contribution >= 0.6 is 0 Å². The number of hydrogen-bond acceptors (Lipinski definition) is 5. The first kappa shape index (κ1) is 19.0. The number of carbonyl (C=O) groups is 2. The number of hydrogen-bond donors (Lipinski definition) is 0. The molecule has 1 amide bonds. The van der Waals surface area contributed by atoms with Gasteiger partial charge in [0.05, 0.1) is 13.2 Å². The molecule has 2 fully saturated rings. The first-order valence-corrected chi connectivity index (χ1v) is 8.87. The van der Waals surface area contributed by atoms with Crippen molar-refractivity contribution >= 4 is 12.1 Å². The summed E-state index contributed by atoms with van der Waals surface area (Å²) in [7, 11) is 3.13. The molecule has 6 heteroatoms. The molecule has 2 atom stereocenters. The summed E-state index contributed by atoms with van der Waals surface area (Å²) in [4.78, 5) is 26.4. The van der Waals surface area contributed by atoms with E-state index in [0.29, 0.717) is 18.6 Å². The zero-order valence-corrected chi connectivity index (χ0v) is 15.5. The molecular formula is C18H31NO5. The standard InChI is InChI=1S/C18H31NO5/c1-18(2,3)24-17(21)19-11-10-14(15(19)16(20)23-5)12-6-8-13(22-4)9-7-12/h12-15H,6-11H2,1-5H3/t12?,13?,14-,15-/m0/s1. The van der Waals surface area contributed by atoms with E-state index in [1.165, 1.54) is 7.11 Å². The van der Waals surface area contributed by atoms with Gasteiger partial charge in [-0.25, -0.2) is 9.59 Å². The van der Waals surface area contributed by atoms with Gasteiger partial charge in [-0.1, -0.05) is 0 Å². The largest absolute Gasteiger partial charge is 0.467 e. The molecule has 2 rings (SSSR count). The first-order chi connectivity index (χ1) is 11.3. The SMILES string of the molecule is COC(=O)[C@@H]1[C@H](C2CCC(OC)CC2)CCN1C(=O)OC(C)(C)C. The minimum atomic E-state index is -0.577. The molecule has 0 spiro atoms. The average Bonchev–Trinajstić information content (AvgIpc) is 2.97. The van der Waals surface area contributed by atoms with Gasteiger partial charge >= 0.3 is 12.1 Å². The number of amides is 1. The number of ether oxygens (including phenoxy) is 3. The fourth-order valence-corrected chi connectivity index (χ4v) is 4.01. The molecule has 1 saturated carbocycles. The average molecular weight is 341 g/mol. The van der Waals surface area contributed by atoms with Crippen LogP contribution < -0.4 is 0 Å². The maximum Gasteiger partial charge on any atom is 0.411 e. The van der Waals surface area contributed by atoms with E-state index in [0.717, 1.165) is 32.1 Å². The lowest BCUT2D eigenvalue weighted by Crippen LogP contribution is -2.47. The van der Waals surface area contributed by atoms with Crippen LogP contribution in [0.3, 0.4) is 0 Å². The highest BCUT2D eigenvalue weighted by Gasteiger charge is 2.47. The molecule has 24 heavy (non-hydrogen) atoms. The van der Waals surface area contributed by atoms with E-state index in [-0.39, 0.29) is 11.9 Å². The Morgan fingerprint density at radius 2 is 1.62 bits per heavy atom. The fourth-order valence-electron chi connectivity index (χ4n) is 4.01. The summed E-state index contributed by atoms with van der Waals surface area (Å²) in [5, 5.41) is 0. The van der Waals surface area contributed by atoms with Gasteiger partial charge in [0.25, 0.3) is 0 Å². The van der Waals surface area contributed by atoms with Crippen molar-refractivity contribution in [1.82, 2.24) is 4.90 Å². The van der Waals surface area contributed by atoms with Crippen molar-refractivity contribution in [3.05, 3.63) is 0 Å².